The molecule has 0 spiro atoms. The average molecular weight is 293 g/mol. The molecule has 2 saturated heterocycles. The molecule has 0 unspecified atom stereocenters. The Bertz CT molecular complexity index is 503. The summed E-state index contributed by atoms with van der Waals surface area (Å²) >= 11 is 6.03. The zero-order chi connectivity index (χ0) is 14.1. The summed E-state index contributed by atoms with van der Waals surface area (Å²) in [5, 5.41) is 4.18. The number of nitrogens with one attached hydrogen (secondary N) is 1. The lowest BCUT2D eigenvalue weighted by Crippen LogP contribution is -2.32. The van der Waals surface area contributed by atoms with Crippen LogP contribution in [0, 0.1) is 18.8 Å². The van der Waals surface area contributed by atoms with E-state index < -0.39 is 0 Å². The number of hydrogen-bond acceptors (Lipinski definition) is 2. The van der Waals surface area contributed by atoms with Gasteiger partial charge in [0.1, 0.15) is 0 Å². The highest BCUT2D eigenvalue weighted by atomic mass is 35.5. The molecule has 0 saturated carbocycles. The van der Waals surface area contributed by atoms with Gasteiger partial charge >= 0.3 is 0 Å². The SMILES string of the molecule is Cc1cc(C(=O)N2CC[C@@H]3CNC[C@@H]3CC2)ccc1Cl. The summed E-state index contributed by atoms with van der Waals surface area (Å²) in [5.41, 5.74) is 1.73. The van der Waals surface area contributed by atoms with Crippen LogP contribution in [0.1, 0.15) is 28.8 Å². The number of fused-ring (bicyclic) bond motifs is 1. The summed E-state index contributed by atoms with van der Waals surface area (Å²) in [4.78, 5) is 14.6. The minimum absolute atomic E-state index is 0.151. The standard InChI is InChI=1S/C16H21ClN2O/c1-11-8-12(2-3-15(11)17)16(20)19-6-4-13-9-18-10-14(13)5-7-19/h2-3,8,13-14,18H,4-7,9-10H2,1H3/t13-,14+. The maximum absolute atomic E-state index is 12.6. The number of halogens is 1. The first-order valence-electron chi connectivity index (χ1n) is 7.41. The molecule has 1 N–H and O–H groups in total. The van der Waals surface area contributed by atoms with E-state index in [2.05, 4.69) is 5.32 Å². The zero-order valence-electron chi connectivity index (χ0n) is 11.9. The smallest absolute Gasteiger partial charge is 0.253 e. The number of hydrogen-bond donors (Lipinski definition) is 1. The molecule has 1 aromatic rings. The average Bonchev–Trinajstić information content (AvgIpc) is 2.80. The molecular formula is C16H21ClN2O. The van der Waals surface area contributed by atoms with E-state index in [4.69, 9.17) is 11.6 Å². The minimum atomic E-state index is 0.151. The van der Waals surface area contributed by atoms with Gasteiger partial charge in [0.05, 0.1) is 0 Å². The van der Waals surface area contributed by atoms with Crippen LogP contribution in [0.3, 0.4) is 0 Å². The van der Waals surface area contributed by atoms with Gasteiger partial charge in [-0.15, -0.1) is 0 Å². The first kappa shape index (κ1) is 13.9. The quantitative estimate of drug-likeness (QED) is 0.863. The molecule has 1 aromatic carbocycles. The van der Waals surface area contributed by atoms with Crippen LogP contribution in [0.15, 0.2) is 18.2 Å². The highest BCUT2D eigenvalue weighted by Crippen LogP contribution is 2.28. The van der Waals surface area contributed by atoms with E-state index in [0.29, 0.717) is 0 Å². The summed E-state index contributed by atoms with van der Waals surface area (Å²) in [6, 6.07) is 5.56. The molecule has 0 aliphatic carbocycles. The molecule has 4 heteroatoms. The van der Waals surface area contributed by atoms with E-state index in [9.17, 15) is 4.79 Å². The number of benzene rings is 1. The number of likely N-dealkylation sites (tertiary alicyclic amines) is 1. The lowest BCUT2D eigenvalue weighted by atomic mass is 9.92. The molecule has 2 aliphatic rings. The van der Waals surface area contributed by atoms with Crippen molar-refractivity contribution in [1.82, 2.24) is 10.2 Å². The van der Waals surface area contributed by atoms with Gasteiger partial charge in [0, 0.05) is 23.7 Å². The van der Waals surface area contributed by atoms with Crippen LogP contribution in [0.4, 0.5) is 0 Å². The molecule has 108 valence electrons. The van der Waals surface area contributed by atoms with Crippen LogP contribution in [-0.4, -0.2) is 37.0 Å². The maximum atomic E-state index is 12.6. The van der Waals surface area contributed by atoms with Gasteiger partial charge in [-0.05, 0) is 68.5 Å². The number of nitrogens with zero attached hydrogens (tertiary/aromatic N) is 1. The molecule has 3 rings (SSSR count). The van der Waals surface area contributed by atoms with Gasteiger partial charge in [-0.25, -0.2) is 0 Å². The van der Waals surface area contributed by atoms with Crippen molar-refractivity contribution < 1.29 is 4.79 Å². The number of amides is 1. The Kier molecular flexibility index (Phi) is 3.99. The second-order valence-electron chi connectivity index (χ2n) is 6.01. The zero-order valence-corrected chi connectivity index (χ0v) is 12.6. The minimum Gasteiger partial charge on any atom is -0.339 e. The molecule has 2 aliphatic heterocycles. The van der Waals surface area contributed by atoms with Crippen molar-refractivity contribution in [2.75, 3.05) is 26.2 Å². The molecule has 2 heterocycles. The number of aryl methyl sites for hydroxylation is 1. The molecule has 1 amide bonds. The van der Waals surface area contributed by atoms with Crippen LogP contribution in [0.5, 0.6) is 0 Å². The molecule has 0 radical (unpaired) electrons. The van der Waals surface area contributed by atoms with Gasteiger partial charge in [-0.1, -0.05) is 11.6 Å². The third kappa shape index (κ3) is 2.70. The molecule has 0 bridgehead atoms. The van der Waals surface area contributed by atoms with E-state index in [0.717, 1.165) is 67.0 Å². The fourth-order valence-corrected chi connectivity index (χ4v) is 3.50. The molecule has 2 fully saturated rings. The van der Waals surface area contributed by atoms with Crippen molar-refractivity contribution in [2.45, 2.75) is 19.8 Å². The van der Waals surface area contributed by atoms with Crippen LogP contribution < -0.4 is 5.32 Å². The second-order valence-corrected chi connectivity index (χ2v) is 6.42. The van der Waals surface area contributed by atoms with Crippen molar-refractivity contribution in [3.63, 3.8) is 0 Å². The van der Waals surface area contributed by atoms with Crippen molar-refractivity contribution in [2.24, 2.45) is 11.8 Å². The third-order valence-electron chi connectivity index (χ3n) is 4.71. The Balaban J connectivity index is 1.72. The van der Waals surface area contributed by atoms with Crippen molar-refractivity contribution in [1.29, 1.82) is 0 Å². The molecule has 2 atom stereocenters. The summed E-state index contributed by atoms with van der Waals surface area (Å²) in [7, 11) is 0. The van der Waals surface area contributed by atoms with E-state index in [1.807, 2.05) is 30.0 Å². The lowest BCUT2D eigenvalue weighted by molar-refractivity contribution is 0.0758. The Morgan fingerprint density at radius 2 is 1.90 bits per heavy atom. The summed E-state index contributed by atoms with van der Waals surface area (Å²) < 4.78 is 0. The molecule has 20 heavy (non-hydrogen) atoms. The molecule has 3 nitrogen and oxygen atoms in total. The van der Waals surface area contributed by atoms with E-state index >= 15 is 0 Å². The largest absolute Gasteiger partial charge is 0.339 e. The van der Waals surface area contributed by atoms with Gasteiger partial charge in [0.25, 0.3) is 5.91 Å². The molecular weight excluding hydrogens is 272 g/mol. The highest BCUT2D eigenvalue weighted by molar-refractivity contribution is 6.31. The lowest BCUT2D eigenvalue weighted by Gasteiger charge is -2.21. The van der Waals surface area contributed by atoms with Crippen molar-refractivity contribution in [3.8, 4) is 0 Å². The Morgan fingerprint density at radius 3 is 2.50 bits per heavy atom. The first-order valence-corrected chi connectivity index (χ1v) is 7.79. The number of carbonyl (C=O) groups excluding carboxylic acids is 1. The van der Waals surface area contributed by atoms with E-state index in [1.165, 1.54) is 0 Å². The van der Waals surface area contributed by atoms with Crippen LogP contribution in [-0.2, 0) is 0 Å². The monoisotopic (exact) mass is 292 g/mol. The number of carbonyl (C=O) groups is 1. The fourth-order valence-electron chi connectivity index (χ4n) is 3.38. The van der Waals surface area contributed by atoms with E-state index in [-0.39, 0.29) is 5.91 Å². The van der Waals surface area contributed by atoms with Crippen LogP contribution >= 0.6 is 11.6 Å². The van der Waals surface area contributed by atoms with E-state index in [1.54, 1.807) is 0 Å². The number of rotatable bonds is 1. The normalized spacial score (nSPS) is 26.2. The van der Waals surface area contributed by atoms with Crippen LogP contribution in [0.25, 0.3) is 0 Å². The van der Waals surface area contributed by atoms with Gasteiger partial charge in [0.15, 0.2) is 0 Å². The summed E-state index contributed by atoms with van der Waals surface area (Å²) in [6.45, 7) is 5.93. The Morgan fingerprint density at radius 1 is 1.25 bits per heavy atom. The van der Waals surface area contributed by atoms with Gasteiger partial charge < -0.3 is 10.2 Å². The van der Waals surface area contributed by atoms with Gasteiger partial charge in [-0.3, -0.25) is 4.79 Å². The Labute approximate surface area is 125 Å². The fraction of sp³-hybridized carbons (Fsp3) is 0.562. The topological polar surface area (TPSA) is 32.3 Å². The van der Waals surface area contributed by atoms with Crippen molar-refractivity contribution >= 4 is 17.5 Å². The first-order chi connectivity index (χ1) is 9.65. The predicted molar refractivity (Wildman–Crippen MR) is 81.2 cm³/mol. The predicted octanol–water partition coefficient (Wildman–Crippen LogP) is 2.72. The van der Waals surface area contributed by atoms with Crippen LogP contribution in [0.2, 0.25) is 5.02 Å². The molecule has 0 aromatic heterocycles. The third-order valence-corrected chi connectivity index (χ3v) is 5.14. The van der Waals surface area contributed by atoms with Crippen molar-refractivity contribution in [3.05, 3.63) is 34.3 Å². The summed E-state index contributed by atoms with van der Waals surface area (Å²) in [5.74, 6) is 1.65. The highest BCUT2D eigenvalue weighted by Gasteiger charge is 2.31. The van der Waals surface area contributed by atoms with Gasteiger partial charge in [0.2, 0.25) is 0 Å². The second kappa shape index (κ2) is 5.74. The Hall–Kier alpha value is -1.06. The van der Waals surface area contributed by atoms with Gasteiger partial charge in [-0.2, -0.15) is 0 Å². The summed E-state index contributed by atoms with van der Waals surface area (Å²) in [6.07, 6.45) is 2.24. The maximum Gasteiger partial charge on any atom is 0.253 e.